The zero-order chi connectivity index (χ0) is 13.4. The van der Waals surface area contributed by atoms with Crippen molar-refractivity contribution in [2.45, 2.75) is 13.8 Å². The summed E-state index contributed by atoms with van der Waals surface area (Å²) in [7, 11) is 0. The van der Waals surface area contributed by atoms with Crippen molar-refractivity contribution in [3.05, 3.63) is 47.4 Å². The summed E-state index contributed by atoms with van der Waals surface area (Å²) in [4.78, 5) is 23.0. The Morgan fingerprint density at radius 3 is 2.79 bits per heavy atom. The molecule has 0 saturated carbocycles. The Hall–Kier alpha value is -2.49. The molecule has 0 aliphatic rings. The van der Waals surface area contributed by atoms with Gasteiger partial charge in [-0.05, 0) is 19.9 Å². The van der Waals surface area contributed by atoms with Gasteiger partial charge in [-0.3, -0.25) is 4.79 Å². The Morgan fingerprint density at radius 1 is 1.21 bits per heavy atom. The minimum absolute atomic E-state index is 0.589. The third-order valence-corrected chi connectivity index (χ3v) is 3.09. The number of benzene rings is 1. The normalized spacial score (nSPS) is 10.8. The van der Waals surface area contributed by atoms with E-state index >= 15 is 0 Å². The summed E-state index contributed by atoms with van der Waals surface area (Å²) < 4.78 is 0. The molecule has 3 aromatic rings. The van der Waals surface area contributed by atoms with Crippen molar-refractivity contribution >= 4 is 17.3 Å². The Labute approximate surface area is 110 Å². The molecule has 2 aromatic heterocycles. The van der Waals surface area contributed by atoms with Gasteiger partial charge in [0, 0.05) is 17.3 Å². The van der Waals surface area contributed by atoms with E-state index in [1.54, 1.807) is 6.20 Å². The monoisotopic (exact) mass is 251 g/mol. The van der Waals surface area contributed by atoms with Crippen molar-refractivity contribution in [1.29, 1.82) is 0 Å². The third kappa shape index (κ3) is 1.91. The van der Waals surface area contributed by atoms with Gasteiger partial charge in [0.1, 0.15) is 11.5 Å². The molecule has 0 spiro atoms. The topological polar surface area (TPSA) is 58.6 Å². The van der Waals surface area contributed by atoms with Crippen molar-refractivity contribution in [1.82, 2.24) is 15.0 Å². The number of nitrogens with zero attached hydrogens (tertiary/aromatic N) is 2. The van der Waals surface area contributed by atoms with Gasteiger partial charge in [-0.1, -0.05) is 23.8 Å². The molecule has 0 amide bonds. The third-order valence-electron chi connectivity index (χ3n) is 3.09. The fourth-order valence-corrected chi connectivity index (χ4v) is 2.26. The lowest BCUT2D eigenvalue weighted by Crippen LogP contribution is -1.94. The Kier molecular flexibility index (Phi) is 2.63. The molecular weight excluding hydrogens is 238 g/mol. The molecule has 0 fully saturated rings. The summed E-state index contributed by atoms with van der Waals surface area (Å²) in [5.41, 5.74) is 4.25. The highest BCUT2D eigenvalue weighted by Crippen LogP contribution is 2.28. The fraction of sp³-hybridized carbons (Fsp3) is 0.133. The number of nitrogens with one attached hydrogen (secondary N) is 1. The number of hydrogen-bond acceptors (Lipinski definition) is 3. The maximum atomic E-state index is 11.1. The number of H-pyrrole nitrogens is 1. The van der Waals surface area contributed by atoms with Crippen molar-refractivity contribution in [3.63, 3.8) is 0 Å². The summed E-state index contributed by atoms with van der Waals surface area (Å²) in [6.07, 6.45) is 2.50. The molecule has 94 valence electrons. The molecule has 0 radical (unpaired) electrons. The number of aromatic nitrogens is 3. The number of hydrogen-bond donors (Lipinski definition) is 1. The van der Waals surface area contributed by atoms with Crippen LogP contribution in [0.3, 0.4) is 0 Å². The van der Waals surface area contributed by atoms with Crippen LogP contribution in [0.25, 0.3) is 22.3 Å². The lowest BCUT2D eigenvalue weighted by atomic mass is 10.0. The van der Waals surface area contributed by atoms with E-state index in [4.69, 9.17) is 0 Å². The second-order valence-electron chi connectivity index (χ2n) is 4.57. The molecule has 3 rings (SSSR count). The van der Waals surface area contributed by atoms with Gasteiger partial charge >= 0.3 is 0 Å². The lowest BCUT2D eigenvalue weighted by Gasteiger charge is -2.05. The molecule has 19 heavy (non-hydrogen) atoms. The van der Waals surface area contributed by atoms with Crippen LogP contribution < -0.4 is 0 Å². The summed E-state index contributed by atoms with van der Waals surface area (Å²) >= 11 is 0. The largest absolute Gasteiger partial charge is 0.345 e. The maximum absolute atomic E-state index is 11.1. The van der Waals surface area contributed by atoms with Gasteiger partial charge in [0.15, 0.2) is 6.29 Å². The van der Waals surface area contributed by atoms with Crippen LogP contribution in [-0.2, 0) is 0 Å². The Morgan fingerprint density at radius 2 is 2.05 bits per heavy atom. The molecule has 4 nitrogen and oxygen atoms in total. The molecule has 2 heterocycles. The van der Waals surface area contributed by atoms with Gasteiger partial charge < -0.3 is 4.98 Å². The van der Waals surface area contributed by atoms with Gasteiger partial charge in [0.2, 0.25) is 0 Å². The Bertz CT molecular complexity index is 774. The van der Waals surface area contributed by atoms with E-state index in [9.17, 15) is 4.79 Å². The van der Waals surface area contributed by atoms with Crippen LogP contribution in [-0.4, -0.2) is 21.2 Å². The average Bonchev–Trinajstić information content (AvgIpc) is 2.80. The van der Waals surface area contributed by atoms with E-state index in [2.05, 4.69) is 21.0 Å². The smallest absolute Gasteiger partial charge is 0.152 e. The van der Waals surface area contributed by atoms with E-state index in [0.717, 1.165) is 28.5 Å². The zero-order valence-corrected chi connectivity index (χ0v) is 10.8. The molecule has 0 saturated heterocycles. The molecule has 0 aliphatic carbocycles. The van der Waals surface area contributed by atoms with Crippen LogP contribution in [0.15, 0.2) is 30.5 Å². The first kappa shape index (κ1) is 11.6. The number of aldehydes is 1. The molecule has 1 aromatic carbocycles. The number of aromatic amines is 1. The van der Waals surface area contributed by atoms with Crippen molar-refractivity contribution in [2.24, 2.45) is 0 Å². The molecule has 0 unspecified atom stereocenters. The quantitative estimate of drug-likeness (QED) is 0.712. The van der Waals surface area contributed by atoms with E-state index in [1.165, 1.54) is 0 Å². The standard InChI is InChI=1S/C15H13N3O/c1-9-4-3-5-11(6-9)14-13-12(8-19)7-16-15(13)18-10(2)17-14/h3-8H,1-2H3,(H,16,17,18). The lowest BCUT2D eigenvalue weighted by molar-refractivity contribution is 0.112. The number of carbonyl (C=O) groups is 1. The van der Waals surface area contributed by atoms with Crippen molar-refractivity contribution < 1.29 is 4.79 Å². The van der Waals surface area contributed by atoms with Crippen molar-refractivity contribution in [2.75, 3.05) is 0 Å². The van der Waals surface area contributed by atoms with Gasteiger partial charge in [0.05, 0.1) is 11.1 Å². The highest BCUT2D eigenvalue weighted by Gasteiger charge is 2.13. The van der Waals surface area contributed by atoms with E-state index < -0.39 is 0 Å². The number of rotatable bonds is 2. The second kappa shape index (κ2) is 4.31. The summed E-state index contributed by atoms with van der Waals surface area (Å²) in [6.45, 7) is 3.88. The van der Waals surface area contributed by atoms with Crippen molar-refractivity contribution in [3.8, 4) is 11.3 Å². The molecule has 0 atom stereocenters. The molecule has 0 aliphatic heterocycles. The number of fused-ring (bicyclic) bond motifs is 1. The average molecular weight is 251 g/mol. The van der Waals surface area contributed by atoms with Crippen LogP contribution >= 0.6 is 0 Å². The molecule has 0 bridgehead atoms. The first-order valence-corrected chi connectivity index (χ1v) is 6.07. The van der Waals surface area contributed by atoms with E-state index in [-0.39, 0.29) is 0 Å². The number of carbonyl (C=O) groups excluding carboxylic acids is 1. The maximum Gasteiger partial charge on any atom is 0.152 e. The van der Waals surface area contributed by atoms with E-state index in [1.807, 2.05) is 32.0 Å². The highest BCUT2D eigenvalue weighted by molar-refractivity contribution is 6.03. The molecule has 1 N–H and O–H groups in total. The summed E-state index contributed by atoms with van der Waals surface area (Å²) in [5.74, 6) is 0.684. The van der Waals surface area contributed by atoms with Gasteiger partial charge in [0.25, 0.3) is 0 Å². The van der Waals surface area contributed by atoms with Gasteiger partial charge in [-0.25, -0.2) is 9.97 Å². The SMILES string of the molecule is Cc1cccc(-c2nc(C)nc3[nH]cc(C=O)c23)c1. The highest BCUT2D eigenvalue weighted by atomic mass is 16.1. The number of aryl methyl sites for hydroxylation is 2. The zero-order valence-electron chi connectivity index (χ0n) is 10.8. The summed E-state index contributed by atoms with van der Waals surface area (Å²) in [6, 6.07) is 8.08. The first-order valence-electron chi connectivity index (χ1n) is 6.07. The van der Waals surface area contributed by atoms with Crippen LogP contribution in [0, 0.1) is 13.8 Å². The van der Waals surface area contributed by atoms with Gasteiger partial charge in [-0.15, -0.1) is 0 Å². The second-order valence-corrected chi connectivity index (χ2v) is 4.57. The Balaban J connectivity index is 2.38. The van der Waals surface area contributed by atoms with Crippen LogP contribution in [0.4, 0.5) is 0 Å². The first-order chi connectivity index (χ1) is 9.19. The predicted molar refractivity (Wildman–Crippen MR) is 74.2 cm³/mol. The van der Waals surface area contributed by atoms with Crippen LogP contribution in [0.2, 0.25) is 0 Å². The van der Waals surface area contributed by atoms with E-state index in [0.29, 0.717) is 17.0 Å². The minimum atomic E-state index is 0.589. The van der Waals surface area contributed by atoms with Gasteiger partial charge in [-0.2, -0.15) is 0 Å². The summed E-state index contributed by atoms with van der Waals surface area (Å²) in [5, 5.41) is 0.784. The predicted octanol–water partition coefficient (Wildman–Crippen LogP) is 3.05. The van der Waals surface area contributed by atoms with Crippen LogP contribution in [0.1, 0.15) is 21.7 Å². The van der Waals surface area contributed by atoms with Crippen LogP contribution in [0.5, 0.6) is 0 Å². The minimum Gasteiger partial charge on any atom is -0.345 e. The fourth-order valence-electron chi connectivity index (χ4n) is 2.26. The molecular formula is C15H13N3O. The molecule has 4 heteroatoms.